The summed E-state index contributed by atoms with van der Waals surface area (Å²) in [6.07, 6.45) is 12.9. The van der Waals surface area contributed by atoms with E-state index in [9.17, 15) is 9.59 Å². The van der Waals surface area contributed by atoms with Crippen molar-refractivity contribution in [1.29, 1.82) is 0 Å². The number of ketones is 1. The Morgan fingerprint density at radius 2 is 1.48 bits per heavy atom. The predicted molar refractivity (Wildman–Crippen MR) is 115 cm³/mol. The third-order valence-corrected chi connectivity index (χ3v) is 5.23. The standard InChI is InChI=1S/C24H42O3/c1-18(2)16-19(3)12-8-7-9-13-20(4)17-21(5)14-10-11-15-23(25)22(6)24(26)27/h13,19,21-22H,1,7-12,14-17H2,2-6H3,(H,26,27). The van der Waals surface area contributed by atoms with Crippen LogP contribution < -0.4 is 0 Å². The van der Waals surface area contributed by atoms with E-state index in [1.54, 1.807) is 0 Å². The van der Waals surface area contributed by atoms with Crippen molar-refractivity contribution in [2.45, 2.75) is 98.8 Å². The molecule has 1 N–H and O–H groups in total. The molecule has 0 saturated carbocycles. The smallest absolute Gasteiger partial charge is 0.313 e. The second-order valence-corrected chi connectivity index (χ2v) is 8.68. The number of carbonyl (C=O) groups excluding carboxylic acids is 1. The molecule has 3 atom stereocenters. The molecule has 0 rings (SSSR count). The number of hydrogen-bond acceptors (Lipinski definition) is 2. The molecule has 0 heterocycles. The van der Waals surface area contributed by atoms with Gasteiger partial charge < -0.3 is 5.11 Å². The first-order chi connectivity index (χ1) is 12.6. The molecule has 156 valence electrons. The summed E-state index contributed by atoms with van der Waals surface area (Å²) in [7, 11) is 0. The molecule has 27 heavy (non-hydrogen) atoms. The average Bonchev–Trinajstić information content (AvgIpc) is 2.56. The maximum Gasteiger partial charge on any atom is 0.313 e. The Morgan fingerprint density at radius 3 is 2.04 bits per heavy atom. The number of carboxylic acid groups (broad SMARTS) is 1. The van der Waals surface area contributed by atoms with Crippen LogP contribution in [0.5, 0.6) is 0 Å². The molecule has 0 aliphatic carbocycles. The van der Waals surface area contributed by atoms with E-state index in [0.29, 0.717) is 12.3 Å². The molecule has 0 fully saturated rings. The van der Waals surface area contributed by atoms with Crippen molar-refractivity contribution in [2.75, 3.05) is 0 Å². The molecule has 0 bridgehead atoms. The van der Waals surface area contributed by atoms with Crippen LogP contribution >= 0.6 is 0 Å². The Bertz CT molecular complexity index is 490. The number of allylic oxidation sites excluding steroid dienone is 3. The van der Waals surface area contributed by atoms with Crippen molar-refractivity contribution in [3.8, 4) is 0 Å². The molecule has 0 radical (unpaired) electrons. The SMILES string of the molecule is C=C(C)CC(C)CCCCC=C(C)CC(C)CCCCC(=O)C(C)C(=O)O. The summed E-state index contributed by atoms with van der Waals surface area (Å²) in [5.41, 5.74) is 2.75. The molecule has 3 heteroatoms. The van der Waals surface area contributed by atoms with Gasteiger partial charge in [0.2, 0.25) is 0 Å². The number of unbranched alkanes of at least 4 members (excludes halogenated alkanes) is 3. The summed E-state index contributed by atoms with van der Waals surface area (Å²) in [5, 5.41) is 8.83. The zero-order valence-corrected chi connectivity index (χ0v) is 18.4. The molecule has 0 aromatic rings. The van der Waals surface area contributed by atoms with Crippen molar-refractivity contribution in [3.63, 3.8) is 0 Å². The van der Waals surface area contributed by atoms with E-state index in [1.807, 2.05) is 0 Å². The molecule has 0 aliphatic heterocycles. The molecule has 0 saturated heterocycles. The maximum atomic E-state index is 11.7. The van der Waals surface area contributed by atoms with Gasteiger partial charge in [0.05, 0.1) is 0 Å². The van der Waals surface area contributed by atoms with E-state index in [4.69, 9.17) is 5.11 Å². The lowest BCUT2D eigenvalue weighted by molar-refractivity contribution is -0.145. The second-order valence-electron chi connectivity index (χ2n) is 8.68. The topological polar surface area (TPSA) is 54.4 Å². The Hall–Kier alpha value is -1.38. The van der Waals surface area contributed by atoms with E-state index >= 15 is 0 Å². The van der Waals surface area contributed by atoms with Crippen molar-refractivity contribution >= 4 is 11.8 Å². The quantitative estimate of drug-likeness (QED) is 0.179. The number of carboxylic acids is 1. The fourth-order valence-electron chi connectivity index (χ4n) is 3.56. The lowest BCUT2D eigenvalue weighted by atomic mass is 9.93. The number of aliphatic carboxylic acids is 1. The minimum atomic E-state index is -1.01. The summed E-state index contributed by atoms with van der Waals surface area (Å²) in [6.45, 7) is 14.4. The van der Waals surface area contributed by atoms with Crippen LogP contribution in [0.1, 0.15) is 98.8 Å². The lowest BCUT2D eigenvalue weighted by Crippen LogP contribution is -2.20. The monoisotopic (exact) mass is 378 g/mol. The Labute approximate surface area is 167 Å². The van der Waals surface area contributed by atoms with E-state index in [1.165, 1.54) is 43.8 Å². The van der Waals surface area contributed by atoms with Gasteiger partial charge in [0, 0.05) is 6.42 Å². The van der Waals surface area contributed by atoms with Gasteiger partial charge in [-0.15, -0.1) is 6.58 Å². The zero-order valence-electron chi connectivity index (χ0n) is 18.4. The lowest BCUT2D eigenvalue weighted by Gasteiger charge is -2.12. The van der Waals surface area contributed by atoms with Gasteiger partial charge in [-0.3, -0.25) is 9.59 Å². The summed E-state index contributed by atoms with van der Waals surface area (Å²) >= 11 is 0. The van der Waals surface area contributed by atoms with Crippen LogP contribution in [-0.4, -0.2) is 16.9 Å². The van der Waals surface area contributed by atoms with Crippen molar-refractivity contribution in [2.24, 2.45) is 17.8 Å². The van der Waals surface area contributed by atoms with Crippen molar-refractivity contribution < 1.29 is 14.7 Å². The molecule has 3 unspecified atom stereocenters. The normalized spacial score (nSPS) is 15.2. The molecule has 0 aliphatic rings. The van der Waals surface area contributed by atoms with Gasteiger partial charge in [-0.1, -0.05) is 56.8 Å². The number of rotatable bonds is 16. The Morgan fingerprint density at radius 1 is 0.926 bits per heavy atom. The van der Waals surface area contributed by atoms with Crippen LogP contribution in [0.3, 0.4) is 0 Å². The van der Waals surface area contributed by atoms with Gasteiger partial charge in [-0.25, -0.2) is 0 Å². The minimum Gasteiger partial charge on any atom is -0.481 e. The van der Waals surface area contributed by atoms with Crippen molar-refractivity contribution in [3.05, 3.63) is 23.8 Å². The van der Waals surface area contributed by atoms with Gasteiger partial charge in [0.15, 0.2) is 0 Å². The van der Waals surface area contributed by atoms with Crippen LogP contribution in [0.2, 0.25) is 0 Å². The predicted octanol–water partition coefficient (Wildman–Crippen LogP) is 6.97. The van der Waals surface area contributed by atoms with Crippen LogP contribution in [0.15, 0.2) is 23.8 Å². The number of Topliss-reactive ketones (excluding diaryl/α,β-unsaturated/α-hetero) is 1. The van der Waals surface area contributed by atoms with Crippen molar-refractivity contribution in [1.82, 2.24) is 0 Å². The molecule has 3 nitrogen and oxygen atoms in total. The van der Waals surface area contributed by atoms with Gasteiger partial charge in [0.25, 0.3) is 0 Å². The fraction of sp³-hybridized carbons (Fsp3) is 0.750. The molecule has 0 spiro atoms. The molecule has 0 aromatic carbocycles. The highest BCUT2D eigenvalue weighted by Gasteiger charge is 2.19. The fourth-order valence-corrected chi connectivity index (χ4v) is 3.56. The Kier molecular flexibility index (Phi) is 13.9. The third-order valence-electron chi connectivity index (χ3n) is 5.23. The average molecular weight is 379 g/mol. The molecule has 0 aromatic heterocycles. The van der Waals surface area contributed by atoms with Gasteiger partial charge >= 0.3 is 5.97 Å². The number of carbonyl (C=O) groups is 2. The highest BCUT2D eigenvalue weighted by atomic mass is 16.4. The van der Waals surface area contributed by atoms with Crippen LogP contribution in [0.4, 0.5) is 0 Å². The maximum absolute atomic E-state index is 11.7. The molecular weight excluding hydrogens is 336 g/mol. The highest BCUT2D eigenvalue weighted by Crippen LogP contribution is 2.20. The van der Waals surface area contributed by atoms with Crippen LogP contribution in [0, 0.1) is 17.8 Å². The Balaban J connectivity index is 3.83. The molecular formula is C24H42O3. The first kappa shape index (κ1) is 25.6. The van der Waals surface area contributed by atoms with Gasteiger partial charge in [0.1, 0.15) is 11.7 Å². The van der Waals surface area contributed by atoms with Gasteiger partial charge in [-0.2, -0.15) is 0 Å². The van der Waals surface area contributed by atoms with E-state index < -0.39 is 11.9 Å². The summed E-state index contributed by atoms with van der Waals surface area (Å²) in [4.78, 5) is 22.5. The zero-order chi connectivity index (χ0) is 20.8. The first-order valence-electron chi connectivity index (χ1n) is 10.7. The van der Waals surface area contributed by atoms with E-state index in [2.05, 4.69) is 40.3 Å². The van der Waals surface area contributed by atoms with Crippen LogP contribution in [-0.2, 0) is 9.59 Å². The highest BCUT2D eigenvalue weighted by molar-refractivity contribution is 5.97. The summed E-state index contributed by atoms with van der Waals surface area (Å²) < 4.78 is 0. The molecule has 0 amide bonds. The van der Waals surface area contributed by atoms with Gasteiger partial charge in [-0.05, 0) is 64.7 Å². The summed E-state index contributed by atoms with van der Waals surface area (Å²) in [6, 6.07) is 0. The van der Waals surface area contributed by atoms with E-state index in [0.717, 1.165) is 38.0 Å². The minimum absolute atomic E-state index is 0.149. The number of hydrogen-bond donors (Lipinski definition) is 1. The summed E-state index contributed by atoms with van der Waals surface area (Å²) in [5.74, 6) is -0.665. The van der Waals surface area contributed by atoms with E-state index in [-0.39, 0.29) is 5.78 Å². The van der Waals surface area contributed by atoms with Crippen LogP contribution in [0.25, 0.3) is 0 Å². The first-order valence-corrected chi connectivity index (χ1v) is 10.7. The largest absolute Gasteiger partial charge is 0.481 e. The third kappa shape index (κ3) is 14.4. The second kappa shape index (κ2) is 14.6.